The van der Waals surface area contributed by atoms with Crippen LogP contribution >= 0.6 is 0 Å². The Morgan fingerprint density at radius 3 is 1.77 bits per heavy atom. The molecule has 1 atom stereocenters. The zero-order valence-corrected chi connectivity index (χ0v) is 34.6. The molecule has 0 radical (unpaired) electrons. The first kappa shape index (κ1) is 55.6. The van der Waals surface area contributed by atoms with Gasteiger partial charge in [0.1, 0.15) is 30.8 Å². The highest BCUT2D eigenvalue weighted by Gasteiger charge is 2.08. The van der Waals surface area contributed by atoms with Gasteiger partial charge >= 0.3 is 5.97 Å². The number of ether oxygens (including phenoxy) is 4. The van der Waals surface area contributed by atoms with Crippen LogP contribution in [0, 0.1) is 0 Å². The summed E-state index contributed by atoms with van der Waals surface area (Å²) in [5.41, 5.74) is 2.20. The van der Waals surface area contributed by atoms with Gasteiger partial charge in [0.05, 0.1) is 13.2 Å². The molecule has 0 aliphatic heterocycles. The molecule has 0 aromatic heterocycles. The van der Waals surface area contributed by atoms with E-state index >= 15 is 0 Å². The highest BCUT2D eigenvalue weighted by atomic mass is 17.2. The summed E-state index contributed by atoms with van der Waals surface area (Å²) in [5, 5.41) is 8.41. The molecule has 1 N–H and O–H groups in total. The van der Waals surface area contributed by atoms with E-state index in [2.05, 4.69) is 59.4 Å². The molecule has 0 heterocycles. The van der Waals surface area contributed by atoms with Crippen molar-refractivity contribution in [3.63, 3.8) is 0 Å². The van der Waals surface area contributed by atoms with Crippen molar-refractivity contribution in [2.45, 2.75) is 45.1 Å². The van der Waals surface area contributed by atoms with Gasteiger partial charge in [0.25, 0.3) is 6.47 Å². The Hall–Kier alpha value is -6.54. The van der Waals surface area contributed by atoms with Crippen molar-refractivity contribution >= 4 is 35.6 Å². The Balaban J connectivity index is 0. The third-order valence-electron chi connectivity index (χ3n) is 6.89. The predicted octanol–water partition coefficient (Wildman–Crippen LogP) is 8.15. The summed E-state index contributed by atoms with van der Waals surface area (Å²) >= 11 is 0. The number of para-hydroxylation sites is 2. The first-order chi connectivity index (χ1) is 28.9. The maximum atomic E-state index is 11.1. The zero-order valence-electron chi connectivity index (χ0n) is 34.6. The van der Waals surface area contributed by atoms with Crippen molar-refractivity contribution < 1.29 is 62.6 Å². The Kier molecular flexibility index (Phi) is 36.4. The quantitative estimate of drug-likeness (QED) is 0.0205. The van der Waals surface area contributed by atoms with Crippen molar-refractivity contribution in [2.24, 2.45) is 0 Å². The topological polar surface area (TPSA) is 178 Å². The molecule has 0 amide bonds. The number of benzene rings is 3. The molecular weight excluding hydrogens is 773 g/mol. The lowest BCUT2D eigenvalue weighted by Crippen LogP contribution is -2.14. The number of hydrogen-bond acceptors (Lipinski definition) is 12. The largest absolute Gasteiger partial charge is 0.493 e. The van der Waals surface area contributed by atoms with E-state index in [1.807, 2.05) is 60.7 Å². The van der Waals surface area contributed by atoms with Crippen LogP contribution in [-0.4, -0.2) is 86.9 Å². The van der Waals surface area contributed by atoms with Crippen LogP contribution in [-0.2, 0) is 48.0 Å². The molecule has 0 spiro atoms. The van der Waals surface area contributed by atoms with Gasteiger partial charge in [-0.25, -0.2) is 9.78 Å². The molecule has 324 valence electrons. The van der Waals surface area contributed by atoms with E-state index in [1.54, 1.807) is 19.2 Å². The number of hydrogen-bond donors (Lipinski definition) is 1. The fraction of sp³-hybridized carbons (Fsp3) is 0.277. The van der Waals surface area contributed by atoms with Crippen LogP contribution in [0.4, 0.5) is 0 Å². The second-order valence-electron chi connectivity index (χ2n) is 11.6. The summed E-state index contributed by atoms with van der Waals surface area (Å²) in [4.78, 5) is 71.4. The lowest BCUT2D eigenvalue weighted by molar-refractivity contribution is -0.317. The normalized spacial score (nSPS) is 9.77. The minimum atomic E-state index is -0.908. The van der Waals surface area contributed by atoms with E-state index in [0.717, 1.165) is 16.9 Å². The molecule has 0 bridgehead atoms. The number of allylic oxidation sites excluding steroid dienone is 3. The standard InChI is InChI=1S/C18H18O2.C10H10O2.C9H14O6.C6H10O2.C4H6O/c1-2-16(19)11-8-14-20-18-13-7-6-12-17(18)15-9-4-3-5-10-15;1-2-9(11)8-12-10-6-4-3-5-7-10;1-2-8(3-4-9(11)12)15-14-6-5-13-7-10;1-3-6(7)4-5-8-2;1-3-4(2)5/h2-7,9-10,12-13H,1,8,11,14H2;2-7H,1,8H2;2,7-8H,1,3-6H2,(H,11,12);3H,1,4-5H2,2H3;3H,1H2,2H3. The third kappa shape index (κ3) is 33.6. The van der Waals surface area contributed by atoms with E-state index < -0.39 is 12.1 Å². The summed E-state index contributed by atoms with van der Waals surface area (Å²) in [6, 6.07) is 27.3. The predicted molar refractivity (Wildman–Crippen MR) is 231 cm³/mol. The fourth-order valence-corrected chi connectivity index (χ4v) is 3.75. The first-order valence-electron chi connectivity index (χ1n) is 18.6. The van der Waals surface area contributed by atoms with E-state index in [-0.39, 0.29) is 55.8 Å². The average molecular weight is 831 g/mol. The molecule has 13 nitrogen and oxygen atoms in total. The van der Waals surface area contributed by atoms with Gasteiger partial charge in [-0.2, -0.15) is 0 Å². The van der Waals surface area contributed by atoms with Gasteiger partial charge in [0.15, 0.2) is 29.7 Å². The van der Waals surface area contributed by atoms with E-state index in [0.29, 0.717) is 44.7 Å². The molecule has 0 saturated carbocycles. The van der Waals surface area contributed by atoms with Gasteiger partial charge in [-0.05, 0) is 67.8 Å². The molecule has 3 aromatic carbocycles. The van der Waals surface area contributed by atoms with E-state index in [9.17, 15) is 28.8 Å². The third-order valence-corrected chi connectivity index (χ3v) is 6.89. The lowest BCUT2D eigenvalue weighted by Gasteiger charge is -2.11. The summed E-state index contributed by atoms with van der Waals surface area (Å²) in [7, 11) is 1.57. The van der Waals surface area contributed by atoms with Gasteiger partial charge in [0.2, 0.25) is 0 Å². The van der Waals surface area contributed by atoms with Gasteiger partial charge in [-0.3, -0.25) is 28.8 Å². The number of rotatable bonds is 26. The smallest absolute Gasteiger partial charge is 0.303 e. The maximum Gasteiger partial charge on any atom is 0.303 e. The highest BCUT2D eigenvalue weighted by molar-refractivity contribution is 5.90. The van der Waals surface area contributed by atoms with Crippen molar-refractivity contribution in [2.75, 3.05) is 40.1 Å². The Morgan fingerprint density at radius 2 is 1.23 bits per heavy atom. The molecular formula is C47H58O13. The number of ketones is 4. The number of carboxylic acids is 1. The van der Waals surface area contributed by atoms with E-state index in [1.165, 1.54) is 37.3 Å². The van der Waals surface area contributed by atoms with Gasteiger partial charge in [0, 0.05) is 31.9 Å². The summed E-state index contributed by atoms with van der Waals surface area (Å²) in [5.74, 6) is 0.646. The molecule has 0 fully saturated rings. The van der Waals surface area contributed by atoms with Gasteiger partial charge in [-0.15, -0.1) is 6.58 Å². The second kappa shape index (κ2) is 39.3. The summed E-state index contributed by atoms with van der Waals surface area (Å²) < 4.78 is 19.9. The number of carbonyl (C=O) groups excluding carboxylic acids is 5. The van der Waals surface area contributed by atoms with Crippen LogP contribution in [0.2, 0.25) is 0 Å². The van der Waals surface area contributed by atoms with Crippen molar-refractivity contribution in [1.82, 2.24) is 0 Å². The number of aliphatic carboxylic acids is 1. The monoisotopic (exact) mass is 830 g/mol. The maximum absolute atomic E-state index is 11.1. The molecule has 0 aliphatic carbocycles. The summed E-state index contributed by atoms with van der Waals surface area (Å²) in [6.07, 6.45) is 8.06. The average Bonchev–Trinajstić information content (AvgIpc) is 3.28. The van der Waals surface area contributed by atoms with E-state index in [4.69, 9.17) is 19.5 Å². The SMILES string of the molecule is C=CC(=O)CCCOc1ccccc1-c1ccccc1.C=CC(=O)CCOC.C=CC(=O)COc1ccccc1.C=CC(C)=O.C=CC(CCC(=O)O)OOCCOC=O. The number of carbonyl (C=O) groups is 6. The highest BCUT2D eigenvalue weighted by Crippen LogP contribution is 2.29. The molecule has 60 heavy (non-hydrogen) atoms. The minimum absolute atomic E-state index is 0.0185. The van der Waals surface area contributed by atoms with Crippen LogP contribution in [0.25, 0.3) is 11.1 Å². The second-order valence-corrected chi connectivity index (χ2v) is 11.6. The molecule has 1 unspecified atom stereocenters. The molecule has 3 aromatic rings. The Bertz CT molecular complexity index is 1700. The fourth-order valence-electron chi connectivity index (χ4n) is 3.75. The summed E-state index contributed by atoms with van der Waals surface area (Å²) in [6.45, 7) is 19.8. The van der Waals surface area contributed by atoms with Crippen LogP contribution < -0.4 is 9.47 Å². The minimum Gasteiger partial charge on any atom is -0.493 e. The van der Waals surface area contributed by atoms with Crippen LogP contribution in [0.15, 0.2) is 148 Å². The molecule has 13 heteroatoms. The van der Waals surface area contributed by atoms with Crippen molar-refractivity contribution in [1.29, 1.82) is 0 Å². The van der Waals surface area contributed by atoms with Gasteiger partial charge < -0.3 is 24.1 Å². The number of carboxylic acid groups (broad SMARTS) is 1. The number of methoxy groups -OCH3 is 1. The van der Waals surface area contributed by atoms with Crippen LogP contribution in [0.3, 0.4) is 0 Å². The molecule has 0 saturated heterocycles. The molecule has 0 aliphatic rings. The van der Waals surface area contributed by atoms with Gasteiger partial charge in [-0.1, -0.05) is 99.1 Å². The lowest BCUT2D eigenvalue weighted by atomic mass is 10.1. The van der Waals surface area contributed by atoms with Crippen molar-refractivity contribution in [3.05, 3.63) is 148 Å². The molecule has 3 rings (SSSR count). The zero-order chi connectivity index (χ0) is 45.2. The Labute approximate surface area is 353 Å². The first-order valence-corrected chi connectivity index (χ1v) is 18.6. The van der Waals surface area contributed by atoms with Crippen LogP contribution in [0.5, 0.6) is 11.5 Å². The van der Waals surface area contributed by atoms with Crippen LogP contribution in [0.1, 0.15) is 39.0 Å². The van der Waals surface area contributed by atoms with Crippen molar-refractivity contribution in [3.8, 4) is 22.6 Å². The Morgan fingerprint density at radius 1 is 0.667 bits per heavy atom.